The third-order valence-corrected chi connectivity index (χ3v) is 6.20. The summed E-state index contributed by atoms with van der Waals surface area (Å²) in [5, 5.41) is 4.84. The Balaban J connectivity index is 1.31. The molecule has 1 unspecified atom stereocenters. The Bertz CT molecular complexity index is 908. The van der Waals surface area contributed by atoms with E-state index >= 15 is 0 Å². The van der Waals surface area contributed by atoms with Gasteiger partial charge >= 0.3 is 0 Å². The molecule has 3 aromatic heterocycles. The minimum absolute atomic E-state index is 0.544. The maximum absolute atomic E-state index is 5.94. The molecule has 1 saturated carbocycles. The predicted molar refractivity (Wildman–Crippen MR) is 107 cm³/mol. The van der Waals surface area contributed by atoms with E-state index in [9.17, 15) is 0 Å². The molecule has 2 aliphatic rings. The summed E-state index contributed by atoms with van der Waals surface area (Å²) >= 11 is 0. The standard InChI is InChI=1S/C21H28N6O/c1-2-27-18(23-19(25-27)16-8-3-4-9-16)13-15-7-6-12-26(14-15)21-24-20-17(28-21)10-5-11-22-20/h5,10-11,15-16H,2-4,6-9,12-14H2,1H3. The zero-order valence-corrected chi connectivity index (χ0v) is 16.5. The van der Waals surface area contributed by atoms with Crippen LogP contribution in [0.25, 0.3) is 11.2 Å². The van der Waals surface area contributed by atoms with E-state index in [1.807, 2.05) is 12.1 Å². The fraction of sp³-hybridized carbons (Fsp3) is 0.619. The Morgan fingerprint density at radius 2 is 2.04 bits per heavy atom. The number of nitrogens with zero attached hydrogens (tertiary/aromatic N) is 6. The maximum Gasteiger partial charge on any atom is 0.299 e. The average molecular weight is 380 g/mol. The highest BCUT2D eigenvalue weighted by molar-refractivity contribution is 5.69. The molecule has 0 spiro atoms. The first kappa shape index (κ1) is 17.6. The zero-order valence-electron chi connectivity index (χ0n) is 16.5. The summed E-state index contributed by atoms with van der Waals surface area (Å²) in [7, 11) is 0. The summed E-state index contributed by atoms with van der Waals surface area (Å²) in [6.07, 6.45) is 10.2. The highest BCUT2D eigenvalue weighted by Gasteiger charge is 2.27. The fourth-order valence-corrected chi connectivity index (χ4v) is 4.71. The Hall–Kier alpha value is -2.44. The second-order valence-electron chi connectivity index (χ2n) is 8.16. The number of fused-ring (bicyclic) bond motifs is 1. The highest BCUT2D eigenvalue weighted by Crippen LogP contribution is 2.33. The fourth-order valence-electron chi connectivity index (χ4n) is 4.71. The van der Waals surface area contributed by atoms with Crippen molar-refractivity contribution in [2.75, 3.05) is 18.0 Å². The van der Waals surface area contributed by atoms with Crippen LogP contribution >= 0.6 is 0 Å². The van der Waals surface area contributed by atoms with Gasteiger partial charge in [-0.3, -0.25) is 4.68 Å². The molecule has 2 fully saturated rings. The van der Waals surface area contributed by atoms with Crippen LogP contribution in [0.2, 0.25) is 0 Å². The van der Waals surface area contributed by atoms with Crippen molar-refractivity contribution in [3.63, 3.8) is 0 Å². The van der Waals surface area contributed by atoms with Gasteiger partial charge in [0.05, 0.1) is 0 Å². The highest BCUT2D eigenvalue weighted by atomic mass is 16.4. The van der Waals surface area contributed by atoms with Crippen LogP contribution in [0.5, 0.6) is 0 Å². The number of hydrogen-bond acceptors (Lipinski definition) is 6. The van der Waals surface area contributed by atoms with E-state index in [-0.39, 0.29) is 0 Å². The Kier molecular flexibility index (Phi) is 4.74. The Morgan fingerprint density at radius 3 is 2.86 bits per heavy atom. The molecule has 3 aromatic rings. The molecular formula is C21H28N6O. The lowest BCUT2D eigenvalue weighted by Gasteiger charge is -2.31. The minimum atomic E-state index is 0.544. The Labute approximate surface area is 165 Å². The van der Waals surface area contributed by atoms with Crippen LogP contribution in [-0.4, -0.2) is 37.8 Å². The van der Waals surface area contributed by atoms with E-state index in [0.717, 1.165) is 49.7 Å². The van der Waals surface area contributed by atoms with Crippen LogP contribution in [0.1, 0.15) is 63.0 Å². The summed E-state index contributed by atoms with van der Waals surface area (Å²) < 4.78 is 8.06. The molecule has 0 N–H and O–H groups in total. The Morgan fingerprint density at radius 1 is 1.14 bits per heavy atom. The van der Waals surface area contributed by atoms with Gasteiger partial charge in [-0.25, -0.2) is 9.97 Å². The monoisotopic (exact) mass is 380 g/mol. The summed E-state index contributed by atoms with van der Waals surface area (Å²) in [6, 6.07) is 4.51. The van der Waals surface area contributed by atoms with Crippen molar-refractivity contribution in [3.05, 3.63) is 30.0 Å². The van der Waals surface area contributed by atoms with Gasteiger partial charge in [0.15, 0.2) is 11.4 Å². The van der Waals surface area contributed by atoms with E-state index in [4.69, 9.17) is 14.5 Å². The van der Waals surface area contributed by atoms with Crippen LogP contribution in [-0.2, 0) is 13.0 Å². The number of aromatic nitrogens is 5. The molecule has 1 atom stereocenters. The lowest BCUT2D eigenvalue weighted by atomic mass is 9.94. The van der Waals surface area contributed by atoms with Crippen molar-refractivity contribution in [2.45, 2.75) is 64.3 Å². The molecule has 0 bridgehead atoms. The number of oxazole rings is 1. The third kappa shape index (κ3) is 3.38. The average Bonchev–Trinajstić information content (AvgIpc) is 3.47. The van der Waals surface area contributed by atoms with Crippen molar-refractivity contribution in [3.8, 4) is 0 Å². The summed E-state index contributed by atoms with van der Waals surface area (Å²) in [4.78, 5) is 16.1. The molecule has 0 radical (unpaired) electrons. The first-order valence-corrected chi connectivity index (χ1v) is 10.7. The molecule has 0 aromatic carbocycles. The van der Waals surface area contributed by atoms with Gasteiger partial charge in [-0.1, -0.05) is 12.8 Å². The topological polar surface area (TPSA) is 72.9 Å². The first-order valence-electron chi connectivity index (χ1n) is 10.7. The summed E-state index contributed by atoms with van der Waals surface area (Å²) in [5.41, 5.74) is 1.44. The molecule has 7 heteroatoms. The maximum atomic E-state index is 5.94. The van der Waals surface area contributed by atoms with Crippen molar-refractivity contribution in [2.24, 2.45) is 5.92 Å². The van der Waals surface area contributed by atoms with Crippen molar-refractivity contribution in [1.29, 1.82) is 0 Å². The van der Waals surface area contributed by atoms with Gasteiger partial charge in [0.25, 0.3) is 6.01 Å². The van der Waals surface area contributed by atoms with E-state index in [0.29, 0.717) is 23.5 Å². The van der Waals surface area contributed by atoms with Crippen molar-refractivity contribution < 1.29 is 4.42 Å². The van der Waals surface area contributed by atoms with Crippen LogP contribution in [0.15, 0.2) is 22.7 Å². The normalized spacial score (nSPS) is 21.0. The molecule has 7 nitrogen and oxygen atoms in total. The first-order chi connectivity index (χ1) is 13.8. The number of pyridine rings is 1. The van der Waals surface area contributed by atoms with Gasteiger partial charge in [0.2, 0.25) is 5.65 Å². The van der Waals surface area contributed by atoms with Crippen LogP contribution in [0, 0.1) is 5.92 Å². The molecule has 5 rings (SSSR count). The van der Waals surface area contributed by atoms with Gasteiger partial charge in [-0.05, 0) is 50.7 Å². The van der Waals surface area contributed by atoms with E-state index < -0.39 is 0 Å². The lowest BCUT2D eigenvalue weighted by Crippen LogP contribution is -2.36. The molecule has 1 aliphatic heterocycles. The van der Waals surface area contributed by atoms with Gasteiger partial charge in [-0.2, -0.15) is 10.1 Å². The van der Waals surface area contributed by atoms with Crippen LogP contribution in [0.3, 0.4) is 0 Å². The SMILES string of the molecule is CCn1nc(C2CCCC2)nc1CC1CCCN(c2nc3ncccc3o2)C1. The van der Waals surface area contributed by atoms with Gasteiger partial charge in [0, 0.05) is 38.2 Å². The molecule has 4 heterocycles. The lowest BCUT2D eigenvalue weighted by molar-refractivity contribution is 0.382. The van der Waals surface area contributed by atoms with E-state index in [1.165, 1.54) is 32.1 Å². The van der Waals surface area contributed by atoms with Crippen LogP contribution in [0.4, 0.5) is 6.01 Å². The summed E-state index contributed by atoms with van der Waals surface area (Å²) in [6.45, 7) is 4.98. The second kappa shape index (κ2) is 7.53. The third-order valence-electron chi connectivity index (χ3n) is 6.20. The number of hydrogen-bond donors (Lipinski definition) is 0. The molecule has 1 saturated heterocycles. The minimum Gasteiger partial charge on any atom is -0.422 e. The van der Waals surface area contributed by atoms with Gasteiger partial charge < -0.3 is 9.32 Å². The second-order valence-corrected chi connectivity index (χ2v) is 8.16. The molecular weight excluding hydrogens is 352 g/mol. The van der Waals surface area contributed by atoms with Crippen LogP contribution < -0.4 is 4.90 Å². The zero-order chi connectivity index (χ0) is 18.9. The molecule has 148 valence electrons. The number of anilines is 1. The largest absolute Gasteiger partial charge is 0.422 e. The van der Waals surface area contributed by atoms with Gasteiger partial charge in [-0.15, -0.1) is 0 Å². The smallest absolute Gasteiger partial charge is 0.299 e. The van der Waals surface area contributed by atoms with Gasteiger partial charge in [0.1, 0.15) is 5.82 Å². The molecule has 1 aliphatic carbocycles. The van der Waals surface area contributed by atoms with Crippen molar-refractivity contribution in [1.82, 2.24) is 24.7 Å². The van der Waals surface area contributed by atoms with E-state index in [2.05, 4.69) is 26.5 Å². The number of aryl methyl sites for hydroxylation is 1. The van der Waals surface area contributed by atoms with Crippen molar-refractivity contribution >= 4 is 17.2 Å². The summed E-state index contributed by atoms with van der Waals surface area (Å²) in [5.74, 6) is 3.34. The number of piperidine rings is 1. The molecule has 0 amide bonds. The predicted octanol–water partition coefficient (Wildman–Crippen LogP) is 3.95. The van der Waals surface area contributed by atoms with E-state index in [1.54, 1.807) is 6.20 Å². The quantitative estimate of drug-likeness (QED) is 0.667. The molecule has 28 heavy (non-hydrogen) atoms. The number of rotatable bonds is 5.